The lowest BCUT2D eigenvalue weighted by Gasteiger charge is -2.04. The van der Waals surface area contributed by atoms with Crippen molar-refractivity contribution in [3.8, 4) is 0 Å². The third-order valence-electron chi connectivity index (χ3n) is 3.51. The lowest BCUT2D eigenvalue weighted by atomic mass is 10.0. The summed E-state index contributed by atoms with van der Waals surface area (Å²) in [7, 11) is 3.62. The lowest BCUT2D eigenvalue weighted by Crippen LogP contribution is -2.08. The largest absolute Gasteiger partial charge is 0.419 e. The number of hydrogen-bond donors (Lipinski definition) is 1. The SMILES string of the molecule is CNc1ccc(Cc2ccc3c(c2)oc(=O)n3C)cc1. The Bertz CT molecular complexity index is 797. The van der Waals surface area contributed by atoms with Crippen LogP contribution in [0.2, 0.25) is 0 Å². The summed E-state index contributed by atoms with van der Waals surface area (Å²) < 4.78 is 6.73. The quantitative estimate of drug-likeness (QED) is 0.794. The van der Waals surface area contributed by atoms with E-state index in [0.717, 1.165) is 23.2 Å². The van der Waals surface area contributed by atoms with Gasteiger partial charge in [-0.15, -0.1) is 0 Å². The minimum atomic E-state index is -0.324. The Labute approximate surface area is 116 Å². The van der Waals surface area contributed by atoms with Crippen LogP contribution in [0, 0.1) is 0 Å². The van der Waals surface area contributed by atoms with E-state index in [0.29, 0.717) is 5.58 Å². The van der Waals surface area contributed by atoms with E-state index in [-0.39, 0.29) is 5.76 Å². The topological polar surface area (TPSA) is 47.2 Å². The van der Waals surface area contributed by atoms with Crippen molar-refractivity contribution in [1.29, 1.82) is 0 Å². The average Bonchev–Trinajstić information content (AvgIpc) is 2.74. The van der Waals surface area contributed by atoms with E-state index >= 15 is 0 Å². The van der Waals surface area contributed by atoms with Crippen molar-refractivity contribution in [1.82, 2.24) is 4.57 Å². The number of fused-ring (bicyclic) bond motifs is 1. The zero-order valence-electron chi connectivity index (χ0n) is 11.5. The predicted octanol–water partition coefficient (Wildman–Crippen LogP) is 2.76. The van der Waals surface area contributed by atoms with Gasteiger partial charge in [0.25, 0.3) is 0 Å². The van der Waals surface area contributed by atoms with Gasteiger partial charge in [0.2, 0.25) is 0 Å². The maximum Gasteiger partial charge on any atom is 0.419 e. The summed E-state index contributed by atoms with van der Waals surface area (Å²) in [4.78, 5) is 11.5. The maximum atomic E-state index is 11.5. The molecule has 0 fully saturated rings. The van der Waals surface area contributed by atoms with Gasteiger partial charge in [-0.25, -0.2) is 4.79 Å². The van der Waals surface area contributed by atoms with Crippen molar-refractivity contribution < 1.29 is 4.42 Å². The molecule has 1 aromatic heterocycles. The maximum absolute atomic E-state index is 11.5. The fourth-order valence-corrected chi connectivity index (χ4v) is 2.31. The first-order valence-corrected chi connectivity index (χ1v) is 6.52. The Morgan fingerprint density at radius 3 is 2.50 bits per heavy atom. The molecule has 102 valence electrons. The van der Waals surface area contributed by atoms with E-state index < -0.39 is 0 Å². The van der Waals surface area contributed by atoms with Crippen molar-refractivity contribution in [3.63, 3.8) is 0 Å². The molecule has 3 rings (SSSR count). The minimum Gasteiger partial charge on any atom is -0.408 e. The van der Waals surface area contributed by atoms with Crippen molar-refractivity contribution in [2.75, 3.05) is 12.4 Å². The molecule has 0 unspecified atom stereocenters. The molecule has 0 atom stereocenters. The van der Waals surface area contributed by atoms with E-state index in [2.05, 4.69) is 29.6 Å². The highest BCUT2D eigenvalue weighted by atomic mass is 16.4. The molecular formula is C16H16N2O2. The van der Waals surface area contributed by atoms with Gasteiger partial charge in [0.1, 0.15) is 0 Å². The second-order valence-corrected chi connectivity index (χ2v) is 4.85. The van der Waals surface area contributed by atoms with E-state index in [1.807, 2.05) is 25.2 Å². The van der Waals surface area contributed by atoms with Gasteiger partial charge in [-0.2, -0.15) is 0 Å². The summed E-state index contributed by atoms with van der Waals surface area (Å²) in [5.41, 5.74) is 4.91. The molecule has 3 aromatic rings. The molecule has 20 heavy (non-hydrogen) atoms. The fraction of sp³-hybridized carbons (Fsp3) is 0.188. The number of aryl methyl sites for hydroxylation is 1. The van der Waals surface area contributed by atoms with E-state index in [1.165, 1.54) is 10.1 Å². The van der Waals surface area contributed by atoms with Gasteiger partial charge < -0.3 is 9.73 Å². The van der Waals surface area contributed by atoms with Gasteiger partial charge in [-0.3, -0.25) is 4.57 Å². The second-order valence-electron chi connectivity index (χ2n) is 4.85. The van der Waals surface area contributed by atoms with Crippen LogP contribution in [-0.2, 0) is 13.5 Å². The molecule has 0 saturated carbocycles. The first kappa shape index (κ1) is 12.5. The molecule has 1 N–H and O–H groups in total. The molecule has 1 heterocycles. The second kappa shape index (κ2) is 4.89. The summed E-state index contributed by atoms with van der Waals surface area (Å²) in [6, 6.07) is 14.2. The summed E-state index contributed by atoms with van der Waals surface area (Å²) in [5, 5.41) is 3.10. The number of hydrogen-bond acceptors (Lipinski definition) is 3. The number of nitrogens with one attached hydrogen (secondary N) is 1. The summed E-state index contributed by atoms with van der Waals surface area (Å²) >= 11 is 0. The van der Waals surface area contributed by atoms with Crippen LogP contribution in [0.3, 0.4) is 0 Å². The highest BCUT2D eigenvalue weighted by Crippen LogP contribution is 2.18. The Hall–Kier alpha value is -2.49. The molecule has 0 aliphatic carbocycles. The number of anilines is 1. The third kappa shape index (κ3) is 2.20. The molecule has 0 spiro atoms. The zero-order valence-corrected chi connectivity index (χ0v) is 11.5. The molecule has 0 aliphatic rings. The molecule has 0 radical (unpaired) electrons. The van der Waals surface area contributed by atoms with Crippen LogP contribution in [0.25, 0.3) is 11.1 Å². The molecule has 0 bridgehead atoms. The van der Waals surface area contributed by atoms with Crippen LogP contribution in [-0.4, -0.2) is 11.6 Å². The van der Waals surface area contributed by atoms with Crippen molar-refractivity contribution in [2.45, 2.75) is 6.42 Å². The van der Waals surface area contributed by atoms with E-state index in [4.69, 9.17) is 4.42 Å². The van der Waals surface area contributed by atoms with Crippen molar-refractivity contribution >= 4 is 16.8 Å². The fourth-order valence-electron chi connectivity index (χ4n) is 2.31. The Morgan fingerprint density at radius 1 is 1.10 bits per heavy atom. The molecule has 0 aliphatic heterocycles. The van der Waals surface area contributed by atoms with Gasteiger partial charge in [-0.05, 0) is 41.8 Å². The number of benzene rings is 2. The highest BCUT2D eigenvalue weighted by molar-refractivity contribution is 5.73. The Balaban J connectivity index is 1.92. The third-order valence-corrected chi connectivity index (χ3v) is 3.51. The molecule has 4 nitrogen and oxygen atoms in total. The average molecular weight is 268 g/mol. The first-order valence-electron chi connectivity index (χ1n) is 6.52. The zero-order chi connectivity index (χ0) is 14.1. The van der Waals surface area contributed by atoms with Gasteiger partial charge in [0.15, 0.2) is 5.58 Å². The van der Waals surface area contributed by atoms with Gasteiger partial charge in [-0.1, -0.05) is 18.2 Å². The van der Waals surface area contributed by atoms with Gasteiger partial charge >= 0.3 is 5.76 Å². The smallest absolute Gasteiger partial charge is 0.408 e. The van der Waals surface area contributed by atoms with Gasteiger partial charge in [0.05, 0.1) is 5.52 Å². The predicted molar refractivity (Wildman–Crippen MR) is 80.2 cm³/mol. The first-order chi connectivity index (χ1) is 9.67. The van der Waals surface area contributed by atoms with Crippen molar-refractivity contribution in [2.24, 2.45) is 7.05 Å². The van der Waals surface area contributed by atoms with Crippen LogP contribution in [0.4, 0.5) is 5.69 Å². The minimum absolute atomic E-state index is 0.324. The van der Waals surface area contributed by atoms with E-state index in [1.54, 1.807) is 7.05 Å². The summed E-state index contributed by atoms with van der Waals surface area (Å²) in [6.07, 6.45) is 0.818. The Kier molecular flexibility index (Phi) is 3.06. The standard InChI is InChI=1S/C16H16N2O2/c1-17-13-6-3-11(4-7-13)9-12-5-8-14-15(10-12)20-16(19)18(14)2/h3-8,10,17H,9H2,1-2H3. The van der Waals surface area contributed by atoms with Crippen LogP contribution in [0.1, 0.15) is 11.1 Å². The molecule has 2 aromatic carbocycles. The van der Waals surface area contributed by atoms with Crippen LogP contribution >= 0.6 is 0 Å². The van der Waals surface area contributed by atoms with E-state index in [9.17, 15) is 4.79 Å². The number of oxazole rings is 1. The molecule has 0 amide bonds. The highest BCUT2D eigenvalue weighted by Gasteiger charge is 2.06. The van der Waals surface area contributed by atoms with Crippen LogP contribution in [0.15, 0.2) is 51.7 Å². The summed E-state index contributed by atoms with van der Waals surface area (Å²) in [6.45, 7) is 0. The van der Waals surface area contributed by atoms with Crippen LogP contribution < -0.4 is 11.1 Å². The lowest BCUT2D eigenvalue weighted by molar-refractivity contribution is 0.528. The molecule has 0 saturated heterocycles. The van der Waals surface area contributed by atoms with Crippen molar-refractivity contribution in [3.05, 3.63) is 64.1 Å². The Morgan fingerprint density at radius 2 is 1.80 bits per heavy atom. The number of nitrogens with zero attached hydrogens (tertiary/aromatic N) is 1. The van der Waals surface area contributed by atoms with Gasteiger partial charge in [0, 0.05) is 19.8 Å². The number of rotatable bonds is 3. The monoisotopic (exact) mass is 268 g/mol. The number of aromatic nitrogens is 1. The van der Waals surface area contributed by atoms with Crippen LogP contribution in [0.5, 0.6) is 0 Å². The summed E-state index contributed by atoms with van der Waals surface area (Å²) in [5.74, 6) is -0.324. The molecule has 4 heteroatoms. The normalized spacial score (nSPS) is 10.9. The molecular weight excluding hydrogens is 252 g/mol.